The quantitative estimate of drug-likeness (QED) is 0.575. The molecule has 1 spiro atoms. The third-order valence-corrected chi connectivity index (χ3v) is 7.99. The van der Waals surface area contributed by atoms with Gasteiger partial charge in [0.1, 0.15) is 11.5 Å². The van der Waals surface area contributed by atoms with Crippen molar-refractivity contribution in [3.05, 3.63) is 58.7 Å². The van der Waals surface area contributed by atoms with Gasteiger partial charge in [-0.1, -0.05) is 52.0 Å². The summed E-state index contributed by atoms with van der Waals surface area (Å²) in [5.74, 6) is 2.02. The van der Waals surface area contributed by atoms with E-state index in [4.69, 9.17) is 9.05 Å². The third-order valence-electron chi connectivity index (χ3n) is 6.63. The topological polar surface area (TPSA) is 21.7 Å². The van der Waals surface area contributed by atoms with E-state index in [-0.39, 0.29) is 16.2 Å². The zero-order chi connectivity index (χ0) is 19.2. The fraction of sp³-hybridized carbons (Fsp3) is 0.478. The van der Waals surface area contributed by atoms with Crippen molar-refractivity contribution in [2.75, 3.05) is 14.1 Å². The van der Waals surface area contributed by atoms with Crippen LogP contribution in [0.1, 0.15) is 62.8 Å². The van der Waals surface area contributed by atoms with Gasteiger partial charge in [-0.3, -0.25) is 0 Å². The molecule has 3 nitrogen and oxygen atoms in total. The molecule has 5 rings (SSSR count). The fourth-order valence-electron chi connectivity index (χ4n) is 5.92. The average Bonchev–Trinajstić information content (AvgIpc) is 2.94. The van der Waals surface area contributed by atoms with Gasteiger partial charge in [-0.2, -0.15) is 0 Å². The van der Waals surface area contributed by atoms with E-state index < -0.39 is 8.53 Å². The van der Waals surface area contributed by atoms with Crippen molar-refractivity contribution in [2.24, 2.45) is 0 Å². The summed E-state index contributed by atoms with van der Waals surface area (Å²) >= 11 is 0. The van der Waals surface area contributed by atoms with E-state index in [2.05, 4.69) is 68.8 Å². The lowest BCUT2D eigenvalue weighted by atomic mass is 9.72. The molecule has 142 valence electrons. The first-order valence-corrected chi connectivity index (χ1v) is 10.9. The van der Waals surface area contributed by atoms with Gasteiger partial charge in [0.15, 0.2) is 0 Å². The molecule has 2 aliphatic carbocycles. The number of nitrogens with zero attached hydrogens (tertiary/aromatic N) is 1. The Labute approximate surface area is 163 Å². The summed E-state index contributed by atoms with van der Waals surface area (Å²) in [4.78, 5) is 0. The second-order valence-corrected chi connectivity index (χ2v) is 11.5. The zero-order valence-electron chi connectivity index (χ0n) is 17.1. The minimum atomic E-state index is -1.19. The van der Waals surface area contributed by atoms with Crippen LogP contribution in [0.2, 0.25) is 0 Å². The van der Waals surface area contributed by atoms with Gasteiger partial charge in [-0.25, -0.2) is 4.67 Å². The smallest absolute Gasteiger partial charge is 0.384 e. The van der Waals surface area contributed by atoms with Crippen LogP contribution in [-0.2, 0) is 16.2 Å². The van der Waals surface area contributed by atoms with Gasteiger partial charge in [0, 0.05) is 16.5 Å². The first kappa shape index (κ1) is 17.5. The van der Waals surface area contributed by atoms with Gasteiger partial charge in [0.05, 0.1) is 0 Å². The molecule has 0 fully saturated rings. The standard InChI is InChI=1S/C23H28NO2P/c1-21(2)13-23-14-22(3,4)16-10-8-12-18(20(16)23)26-27(24(5)6)25-17-11-7-9-15(21)19(17)23/h7-12H,13-14H2,1-6H3. The van der Waals surface area contributed by atoms with Crippen LogP contribution in [0.3, 0.4) is 0 Å². The summed E-state index contributed by atoms with van der Waals surface area (Å²) in [5.41, 5.74) is 5.90. The van der Waals surface area contributed by atoms with Gasteiger partial charge in [-0.05, 0) is 61.0 Å². The van der Waals surface area contributed by atoms with Crippen molar-refractivity contribution in [3.8, 4) is 11.5 Å². The van der Waals surface area contributed by atoms with Crippen LogP contribution in [0, 0.1) is 0 Å². The van der Waals surface area contributed by atoms with E-state index in [1.54, 1.807) is 0 Å². The summed E-state index contributed by atoms with van der Waals surface area (Å²) in [6.45, 7) is 9.52. The summed E-state index contributed by atoms with van der Waals surface area (Å²) in [5, 5.41) is 0. The molecule has 4 heteroatoms. The average molecular weight is 381 g/mol. The Morgan fingerprint density at radius 3 is 1.63 bits per heavy atom. The Morgan fingerprint density at radius 2 is 1.22 bits per heavy atom. The van der Waals surface area contributed by atoms with E-state index in [1.165, 1.54) is 22.3 Å². The molecule has 0 saturated heterocycles. The summed E-state index contributed by atoms with van der Waals surface area (Å²) in [6, 6.07) is 13.2. The van der Waals surface area contributed by atoms with Crippen molar-refractivity contribution < 1.29 is 9.05 Å². The largest absolute Gasteiger partial charge is 0.427 e. The summed E-state index contributed by atoms with van der Waals surface area (Å²) in [7, 11) is 2.87. The van der Waals surface area contributed by atoms with Crippen LogP contribution >= 0.6 is 8.53 Å². The molecule has 0 bridgehead atoms. The highest BCUT2D eigenvalue weighted by atomic mass is 31.2. The molecule has 3 aliphatic rings. The van der Waals surface area contributed by atoms with Crippen molar-refractivity contribution >= 4 is 8.53 Å². The van der Waals surface area contributed by atoms with Gasteiger partial charge < -0.3 is 9.05 Å². The molecule has 0 saturated carbocycles. The van der Waals surface area contributed by atoms with E-state index >= 15 is 0 Å². The highest BCUT2D eigenvalue weighted by Crippen LogP contribution is 2.68. The molecule has 2 aromatic rings. The lowest BCUT2D eigenvalue weighted by Gasteiger charge is -2.35. The molecule has 27 heavy (non-hydrogen) atoms. The molecule has 0 atom stereocenters. The Kier molecular flexibility index (Phi) is 3.42. The maximum atomic E-state index is 6.53. The normalized spacial score (nSPS) is 23.1. The van der Waals surface area contributed by atoms with E-state index in [1.807, 2.05) is 14.1 Å². The highest BCUT2D eigenvalue weighted by Gasteiger charge is 2.59. The Morgan fingerprint density at radius 1 is 0.778 bits per heavy atom. The molecule has 0 amide bonds. The Hall–Kier alpha value is -1.57. The monoisotopic (exact) mass is 381 g/mol. The van der Waals surface area contributed by atoms with Gasteiger partial charge in [0.25, 0.3) is 0 Å². The molecule has 1 aliphatic heterocycles. The molecular formula is C23H28NO2P. The minimum absolute atomic E-state index is 0.0292. The second-order valence-electron chi connectivity index (χ2n) is 9.83. The first-order valence-electron chi connectivity index (χ1n) is 9.77. The Bertz CT molecular complexity index is 874. The van der Waals surface area contributed by atoms with Crippen LogP contribution in [0.5, 0.6) is 11.5 Å². The Balaban J connectivity index is 1.89. The second kappa shape index (κ2) is 5.27. The summed E-state index contributed by atoms with van der Waals surface area (Å²) in [6.07, 6.45) is 2.21. The van der Waals surface area contributed by atoms with Gasteiger partial charge in [-0.15, -0.1) is 0 Å². The van der Waals surface area contributed by atoms with Gasteiger partial charge >= 0.3 is 8.53 Å². The predicted molar refractivity (Wildman–Crippen MR) is 111 cm³/mol. The van der Waals surface area contributed by atoms with Crippen LogP contribution in [0.4, 0.5) is 0 Å². The first-order chi connectivity index (χ1) is 12.7. The fourth-order valence-corrected chi connectivity index (χ4v) is 6.92. The van der Waals surface area contributed by atoms with Crippen LogP contribution in [0.15, 0.2) is 36.4 Å². The SMILES string of the molecule is CN(C)P1Oc2cccc3c2C2(CC3(C)C)CC(C)(C)c3cccc(c32)O1. The molecule has 0 N–H and O–H groups in total. The number of hydrogen-bond acceptors (Lipinski definition) is 3. The number of benzene rings is 2. The van der Waals surface area contributed by atoms with Crippen LogP contribution in [-0.4, -0.2) is 18.8 Å². The summed E-state index contributed by atoms with van der Waals surface area (Å²) < 4.78 is 15.1. The molecule has 2 aromatic carbocycles. The molecule has 1 heterocycles. The zero-order valence-corrected chi connectivity index (χ0v) is 18.0. The highest BCUT2D eigenvalue weighted by molar-refractivity contribution is 7.45. The van der Waals surface area contributed by atoms with Crippen LogP contribution in [0.25, 0.3) is 0 Å². The van der Waals surface area contributed by atoms with Crippen molar-refractivity contribution in [1.29, 1.82) is 0 Å². The lowest BCUT2D eigenvalue weighted by molar-refractivity contribution is 0.333. The molecule has 0 aromatic heterocycles. The maximum Gasteiger partial charge on any atom is 0.384 e. The molecule has 0 radical (unpaired) electrons. The van der Waals surface area contributed by atoms with Crippen molar-refractivity contribution in [3.63, 3.8) is 0 Å². The maximum absolute atomic E-state index is 6.53. The van der Waals surface area contributed by atoms with Crippen LogP contribution < -0.4 is 9.05 Å². The lowest BCUT2D eigenvalue weighted by Crippen LogP contribution is -2.29. The van der Waals surface area contributed by atoms with Crippen molar-refractivity contribution in [2.45, 2.75) is 56.8 Å². The predicted octanol–water partition coefficient (Wildman–Crippen LogP) is 5.90. The number of hydrogen-bond donors (Lipinski definition) is 0. The van der Waals surface area contributed by atoms with Gasteiger partial charge in [0.2, 0.25) is 0 Å². The third kappa shape index (κ3) is 2.22. The number of rotatable bonds is 1. The molecule has 0 unspecified atom stereocenters. The van der Waals surface area contributed by atoms with E-state index in [0.29, 0.717) is 0 Å². The minimum Gasteiger partial charge on any atom is -0.427 e. The van der Waals surface area contributed by atoms with Crippen molar-refractivity contribution in [1.82, 2.24) is 4.67 Å². The van der Waals surface area contributed by atoms with E-state index in [9.17, 15) is 0 Å². The molecular weight excluding hydrogens is 353 g/mol. The van der Waals surface area contributed by atoms with E-state index in [0.717, 1.165) is 24.3 Å².